The van der Waals surface area contributed by atoms with E-state index < -0.39 is 0 Å². The van der Waals surface area contributed by atoms with Crippen LogP contribution in [-0.4, -0.2) is 61.1 Å². The normalized spacial score (nSPS) is 21.1. The maximum absolute atomic E-state index is 11.9. The van der Waals surface area contributed by atoms with Gasteiger partial charge in [-0.05, 0) is 69.2 Å². The van der Waals surface area contributed by atoms with E-state index in [1.54, 1.807) is 10.7 Å². The van der Waals surface area contributed by atoms with Gasteiger partial charge in [0.25, 0.3) is 5.91 Å². The topological polar surface area (TPSA) is 90.7 Å². The Morgan fingerprint density at radius 3 is 2.62 bits per heavy atom. The van der Waals surface area contributed by atoms with Crippen molar-refractivity contribution >= 4 is 28.7 Å². The van der Waals surface area contributed by atoms with Gasteiger partial charge in [-0.3, -0.25) is 9.69 Å². The van der Waals surface area contributed by atoms with Crippen molar-refractivity contribution in [3.05, 3.63) is 66.1 Å². The molecule has 0 spiro atoms. The first-order chi connectivity index (χ1) is 17.8. The summed E-state index contributed by atoms with van der Waals surface area (Å²) in [6.07, 6.45) is 4.58. The number of benzene rings is 2. The number of hydrogen-bond donors (Lipinski definition) is 2. The van der Waals surface area contributed by atoms with Crippen LogP contribution in [0.1, 0.15) is 43.1 Å². The SMILES string of the molecule is CC(C)(C)N1C[C@@H]2C[C@@H]1CN2c1ccc(Nc2ncc(-c3ccc4c(c3)CNC4=O)n3ncnc23)cc1. The molecule has 2 saturated heterocycles. The molecule has 3 aliphatic rings. The Morgan fingerprint density at radius 1 is 1.03 bits per heavy atom. The molecule has 2 bridgehead atoms. The number of likely N-dealkylation sites (tertiary alicyclic amines) is 1. The van der Waals surface area contributed by atoms with Crippen LogP contribution in [0.2, 0.25) is 0 Å². The molecule has 5 heterocycles. The van der Waals surface area contributed by atoms with Gasteiger partial charge in [0.1, 0.15) is 6.33 Å². The van der Waals surface area contributed by atoms with Gasteiger partial charge in [-0.15, -0.1) is 0 Å². The zero-order valence-corrected chi connectivity index (χ0v) is 21.3. The fourth-order valence-electron chi connectivity index (χ4n) is 6.17. The number of nitrogens with zero attached hydrogens (tertiary/aromatic N) is 6. The van der Waals surface area contributed by atoms with E-state index in [1.165, 1.54) is 18.4 Å². The maximum atomic E-state index is 11.9. The predicted octanol–water partition coefficient (Wildman–Crippen LogP) is 3.84. The predicted molar refractivity (Wildman–Crippen MR) is 143 cm³/mol. The number of piperazine rings is 1. The van der Waals surface area contributed by atoms with Crippen LogP contribution >= 0.6 is 0 Å². The third-order valence-electron chi connectivity index (χ3n) is 7.95. The van der Waals surface area contributed by atoms with Crippen LogP contribution in [0.5, 0.6) is 0 Å². The number of aromatic nitrogens is 4. The molecule has 9 heteroatoms. The van der Waals surface area contributed by atoms with Crippen molar-refractivity contribution in [3.8, 4) is 11.3 Å². The van der Waals surface area contributed by atoms with Crippen molar-refractivity contribution in [2.24, 2.45) is 0 Å². The molecule has 2 aromatic heterocycles. The summed E-state index contributed by atoms with van der Waals surface area (Å²) in [5.74, 6) is 0.619. The first-order valence-electron chi connectivity index (χ1n) is 12.9. The molecule has 2 aromatic carbocycles. The molecule has 0 aliphatic carbocycles. The molecule has 0 radical (unpaired) electrons. The van der Waals surface area contributed by atoms with Gasteiger partial charge in [0.15, 0.2) is 11.5 Å². The first-order valence-corrected chi connectivity index (χ1v) is 12.9. The van der Waals surface area contributed by atoms with E-state index in [4.69, 9.17) is 0 Å². The zero-order chi connectivity index (χ0) is 25.3. The molecule has 9 nitrogen and oxygen atoms in total. The molecule has 37 heavy (non-hydrogen) atoms. The van der Waals surface area contributed by atoms with Crippen molar-refractivity contribution in [3.63, 3.8) is 0 Å². The van der Waals surface area contributed by atoms with Crippen molar-refractivity contribution in [2.75, 3.05) is 23.3 Å². The van der Waals surface area contributed by atoms with Crippen molar-refractivity contribution in [1.29, 1.82) is 0 Å². The Bertz CT molecular complexity index is 1520. The third-order valence-corrected chi connectivity index (χ3v) is 7.95. The number of fused-ring (bicyclic) bond motifs is 4. The van der Waals surface area contributed by atoms with Crippen LogP contribution in [0.4, 0.5) is 17.2 Å². The van der Waals surface area contributed by atoms with Gasteiger partial charge in [-0.25, -0.2) is 14.5 Å². The van der Waals surface area contributed by atoms with E-state index in [-0.39, 0.29) is 11.4 Å². The molecule has 2 atom stereocenters. The summed E-state index contributed by atoms with van der Waals surface area (Å²) >= 11 is 0. The highest BCUT2D eigenvalue weighted by molar-refractivity contribution is 5.98. The van der Waals surface area contributed by atoms with E-state index in [9.17, 15) is 4.79 Å². The number of amides is 1. The Morgan fingerprint density at radius 2 is 1.86 bits per heavy atom. The second-order valence-corrected chi connectivity index (χ2v) is 11.2. The lowest BCUT2D eigenvalue weighted by Gasteiger charge is -2.42. The highest BCUT2D eigenvalue weighted by Gasteiger charge is 2.46. The molecule has 188 valence electrons. The number of rotatable bonds is 4. The summed E-state index contributed by atoms with van der Waals surface area (Å²) in [7, 11) is 0. The smallest absolute Gasteiger partial charge is 0.251 e. The second kappa shape index (κ2) is 8.01. The molecule has 0 unspecified atom stereocenters. The minimum atomic E-state index is -0.0275. The van der Waals surface area contributed by atoms with Crippen LogP contribution < -0.4 is 15.5 Å². The van der Waals surface area contributed by atoms with Crippen LogP contribution in [0.15, 0.2) is 55.0 Å². The molecule has 4 aromatic rings. The van der Waals surface area contributed by atoms with Crippen LogP contribution in [0.25, 0.3) is 16.9 Å². The minimum absolute atomic E-state index is 0.0275. The fourth-order valence-corrected chi connectivity index (χ4v) is 6.17. The van der Waals surface area contributed by atoms with Gasteiger partial charge < -0.3 is 15.5 Å². The van der Waals surface area contributed by atoms with E-state index in [0.717, 1.165) is 41.2 Å². The lowest BCUT2D eigenvalue weighted by Crippen LogP contribution is -2.53. The van der Waals surface area contributed by atoms with Crippen molar-refractivity contribution in [2.45, 2.75) is 51.4 Å². The van der Waals surface area contributed by atoms with E-state index >= 15 is 0 Å². The number of carbonyl (C=O) groups is 1. The monoisotopic (exact) mass is 494 g/mol. The van der Waals surface area contributed by atoms with Gasteiger partial charge >= 0.3 is 0 Å². The largest absolute Gasteiger partial charge is 0.366 e. The van der Waals surface area contributed by atoms with Gasteiger partial charge in [0.05, 0.1) is 11.9 Å². The quantitative estimate of drug-likeness (QED) is 0.446. The first kappa shape index (κ1) is 22.2. The lowest BCUT2D eigenvalue weighted by atomic mass is 10.0. The van der Waals surface area contributed by atoms with Gasteiger partial charge in [-0.1, -0.05) is 6.07 Å². The molecule has 3 aliphatic heterocycles. The molecular weight excluding hydrogens is 464 g/mol. The minimum Gasteiger partial charge on any atom is -0.366 e. The second-order valence-electron chi connectivity index (χ2n) is 11.2. The Hall–Kier alpha value is -3.98. The Kier molecular flexibility index (Phi) is 4.81. The van der Waals surface area contributed by atoms with Crippen LogP contribution in [0.3, 0.4) is 0 Å². The third kappa shape index (κ3) is 3.64. The summed E-state index contributed by atoms with van der Waals surface area (Å²) in [5, 5.41) is 10.7. The summed E-state index contributed by atoms with van der Waals surface area (Å²) < 4.78 is 1.79. The summed E-state index contributed by atoms with van der Waals surface area (Å²) in [5.41, 5.74) is 6.57. The molecule has 1 amide bonds. The van der Waals surface area contributed by atoms with Gasteiger partial charge in [0.2, 0.25) is 0 Å². The zero-order valence-electron chi connectivity index (χ0n) is 21.3. The molecule has 2 fully saturated rings. The highest BCUT2D eigenvalue weighted by Crippen LogP contribution is 2.38. The van der Waals surface area contributed by atoms with E-state index in [0.29, 0.717) is 30.1 Å². The average molecular weight is 495 g/mol. The number of hydrogen-bond acceptors (Lipinski definition) is 7. The van der Waals surface area contributed by atoms with E-state index in [2.05, 4.69) is 80.5 Å². The molecule has 0 saturated carbocycles. The Balaban J connectivity index is 1.11. The molecule has 7 rings (SSSR count). The summed E-state index contributed by atoms with van der Waals surface area (Å²) in [4.78, 5) is 26.3. The maximum Gasteiger partial charge on any atom is 0.251 e. The number of carbonyl (C=O) groups excluding carboxylic acids is 1. The van der Waals surface area contributed by atoms with Gasteiger partial charge in [0, 0.05) is 59.8 Å². The lowest BCUT2D eigenvalue weighted by molar-refractivity contribution is 0.0965. The average Bonchev–Trinajstić information content (AvgIpc) is 3.68. The van der Waals surface area contributed by atoms with Crippen LogP contribution in [0, 0.1) is 0 Å². The highest BCUT2D eigenvalue weighted by atomic mass is 16.1. The summed E-state index contributed by atoms with van der Waals surface area (Å²) in [6, 6.07) is 15.6. The van der Waals surface area contributed by atoms with Crippen LogP contribution in [-0.2, 0) is 6.54 Å². The van der Waals surface area contributed by atoms with Gasteiger partial charge in [-0.2, -0.15) is 5.10 Å². The molecular formula is C28H30N8O. The standard InChI is InChI=1S/C28H30N8O/c1-28(2,3)35-15-21-11-22(35)14-34(21)20-7-5-19(6-8-20)33-25-26-31-16-32-36(26)24(13-29-25)17-4-9-23-18(10-17)12-30-27(23)37/h4-10,13,16,21-22H,11-12,14-15H2,1-3H3,(H,29,33)(H,30,37)/t21-,22+/m0/s1. The van der Waals surface area contributed by atoms with Crippen molar-refractivity contribution in [1.82, 2.24) is 29.8 Å². The Labute approximate surface area is 215 Å². The molecule has 2 N–H and O–H groups in total. The number of anilines is 3. The number of nitrogens with one attached hydrogen (secondary N) is 2. The fraction of sp³-hybridized carbons (Fsp3) is 0.357. The van der Waals surface area contributed by atoms with Crippen molar-refractivity contribution < 1.29 is 4.79 Å². The summed E-state index contributed by atoms with van der Waals surface area (Å²) in [6.45, 7) is 9.71. The van der Waals surface area contributed by atoms with E-state index in [1.807, 2.05) is 18.2 Å².